The quantitative estimate of drug-likeness (QED) is 0.284. The van der Waals surface area contributed by atoms with Gasteiger partial charge in [-0.15, -0.1) is 0 Å². The number of pyridine rings is 3. The van der Waals surface area contributed by atoms with Gasteiger partial charge in [0.2, 0.25) is 0 Å². The summed E-state index contributed by atoms with van der Waals surface area (Å²) < 4.78 is 0. The molecule has 0 aliphatic rings. The monoisotopic (exact) mass is 458 g/mol. The summed E-state index contributed by atoms with van der Waals surface area (Å²) in [5.74, 6) is 0.688. The second kappa shape index (κ2) is 8.49. The zero-order valence-electron chi connectivity index (χ0n) is 19.1. The number of rotatable bonds is 6. The van der Waals surface area contributed by atoms with Crippen LogP contribution in [0.25, 0.3) is 55.8 Å². The number of nitrogens with zero attached hydrogens (tertiary/aromatic N) is 5. The molecule has 0 amide bonds. The minimum atomic E-state index is 0.688. The summed E-state index contributed by atoms with van der Waals surface area (Å²) in [5.41, 5.74) is 8.92. The molecule has 8 heteroatoms. The van der Waals surface area contributed by atoms with Crippen LogP contribution in [0.15, 0.2) is 85.7 Å². The third-order valence-corrected chi connectivity index (χ3v) is 5.94. The van der Waals surface area contributed by atoms with Crippen LogP contribution in [0.5, 0.6) is 0 Å². The third kappa shape index (κ3) is 3.80. The van der Waals surface area contributed by atoms with Crippen molar-refractivity contribution in [2.45, 2.75) is 13.3 Å². The zero-order valence-corrected chi connectivity index (χ0v) is 19.1. The van der Waals surface area contributed by atoms with E-state index in [4.69, 9.17) is 4.98 Å². The molecule has 0 aliphatic carbocycles. The number of hydrogen-bond donors (Lipinski definition) is 3. The molecule has 3 N–H and O–H groups in total. The van der Waals surface area contributed by atoms with E-state index in [1.54, 1.807) is 24.8 Å². The zero-order chi connectivity index (χ0) is 23.8. The van der Waals surface area contributed by atoms with E-state index in [1.165, 1.54) is 0 Å². The number of benzene rings is 1. The molecule has 0 saturated heterocycles. The number of hydrogen-bond acceptors (Lipinski definition) is 6. The Kier molecular flexibility index (Phi) is 5.03. The summed E-state index contributed by atoms with van der Waals surface area (Å²) in [6.07, 6.45) is 9.82. The van der Waals surface area contributed by atoms with E-state index in [0.29, 0.717) is 5.82 Å². The fourth-order valence-corrected chi connectivity index (χ4v) is 4.10. The Balaban J connectivity index is 1.43. The molecule has 0 radical (unpaired) electrons. The Morgan fingerprint density at radius 1 is 0.971 bits per heavy atom. The first kappa shape index (κ1) is 20.7. The van der Waals surface area contributed by atoms with Gasteiger partial charge in [-0.2, -0.15) is 5.10 Å². The maximum atomic E-state index is 4.92. The molecule has 0 saturated carbocycles. The molecule has 0 unspecified atom stereocenters. The first-order valence-electron chi connectivity index (χ1n) is 11.3. The lowest BCUT2D eigenvalue weighted by molar-refractivity contribution is 1.10. The van der Waals surface area contributed by atoms with Crippen molar-refractivity contribution >= 4 is 27.6 Å². The molecular weight excluding hydrogens is 436 g/mol. The molecule has 0 atom stereocenters. The maximum Gasteiger partial charge on any atom is 0.159 e. The van der Waals surface area contributed by atoms with E-state index in [2.05, 4.69) is 55.0 Å². The average Bonchev–Trinajstić information content (AvgIpc) is 3.53. The summed E-state index contributed by atoms with van der Waals surface area (Å²) in [7, 11) is 0. The Morgan fingerprint density at radius 3 is 2.74 bits per heavy atom. The van der Waals surface area contributed by atoms with Crippen LogP contribution in [0.2, 0.25) is 0 Å². The van der Waals surface area contributed by atoms with E-state index in [0.717, 1.165) is 67.8 Å². The predicted molar refractivity (Wildman–Crippen MR) is 138 cm³/mol. The minimum absolute atomic E-state index is 0.688. The van der Waals surface area contributed by atoms with Crippen LogP contribution >= 0.6 is 0 Å². The smallest absolute Gasteiger partial charge is 0.159 e. The molecule has 6 aromatic rings. The van der Waals surface area contributed by atoms with E-state index in [1.807, 2.05) is 42.6 Å². The van der Waals surface area contributed by atoms with Crippen molar-refractivity contribution in [2.24, 2.45) is 0 Å². The van der Waals surface area contributed by atoms with Crippen molar-refractivity contribution in [2.75, 3.05) is 5.32 Å². The number of allylic oxidation sites excluding steroid dienone is 1. The highest BCUT2D eigenvalue weighted by atomic mass is 15.1. The number of nitrogens with one attached hydrogen (secondary N) is 3. The van der Waals surface area contributed by atoms with Crippen LogP contribution in [-0.2, 0) is 0 Å². The predicted octanol–water partition coefficient (Wildman–Crippen LogP) is 5.96. The number of aromatic nitrogens is 7. The molecular formula is C27H22N8. The molecule has 0 spiro atoms. The molecule has 1 aromatic carbocycles. The maximum absolute atomic E-state index is 4.92. The van der Waals surface area contributed by atoms with Gasteiger partial charge >= 0.3 is 0 Å². The summed E-state index contributed by atoms with van der Waals surface area (Å²) in [5, 5.41) is 11.8. The van der Waals surface area contributed by atoms with E-state index in [9.17, 15) is 0 Å². The van der Waals surface area contributed by atoms with Crippen LogP contribution in [0, 0.1) is 0 Å². The molecule has 0 bridgehead atoms. The second-order valence-electron chi connectivity index (χ2n) is 8.26. The van der Waals surface area contributed by atoms with E-state index in [-0.39, 0.29) is 0 Å². The summed E-state index contributed by atoms with van der Waals surface area (Å²) >= 11 is 0. The number of anilines is 1. The number of para-hydroxylation sites is 1. The van der Waals surface area contributed by atoms with Crippen LogP contribution in [-0.4, -0.2) is 35.1 Å². The van der Waals surface area contributed by atoms with Gasteiger partial charge in [0.05, 0.1) is 40.3 Å². The highest BCUT2D eigenvalue weighted by molar-refractivity contribution is 5.97. The van der Waals surface area contributed by atoms with Crippen molar-refractivity contribution in [3.8, 4) is 33.9 Å². The standard InChI is InChI=1S/C27H22N8/c1-3-16(2)31-19-10-18(13-29-14-19)23-11-21-24(15-30-23)34-35-26(21)27-32-22-8-4-7-20(25(22)33-27)17-6-5-9-28-12-17/h4-15,31H,2-3H2,1H3,(H,32,33)(H,34,35). The van der Waals surface area contributed by atoms with Crippen molar-refractivity contribution in [3.63, 3.8) is 0 Å². The van der Waals surface area contributed by atoms with Gasteiger partial charge in [-0.3, -0.25) is 20.1 Å². The van der Waals surface area contributed by atoms with Gasteiger partial charge in [-0.1, -0.05) is 31.7 Å². The highest BCUT2D eigenvalue weighted by Gasteiger charge is 2.16. The van der Waals surface area contributed by atoms with Gasteiger partial charge < -0.3 is 10.3 Å². The Hall–Kier alpha value is -4.85. The van der Waals surface area contributed by atoms with E-state index >= 15 is 0 Å². The normalized spacial score (nSPS) is 11.2. The molecule has 6 rings (SSSR count). The number of aromatic amines is 2. The van der Waals surface area contributed by atoms with Gasteiger partial charge in [-0.25, -0.2) is 4.98 Å². The average molecular weight is 459 g/mol. The van der Waals surface area contributed by atoms with Gasteiger partial charge in [0.1, 0.15) is 5.69 Å². The third-order valence-electron chi connectivity index (χ3n) is 5.94. The molecule has 5 aromatic heterocycles. The van der Waals surface area contributed by atoms with Crippen LogP contribution < -0.4 is 5.32 Å². The van der Waals surface area contributed by atoms with Gasteiger partial charge in [0.25, 0.3) is 0 Å². The topological polar surface area (TPSA) is 108 Å². The van der Waals surface area contributed by atoms with Gasteiger partial charge in [-0.05, 0) is 30.7 Å². The van der Waals surface area contributed by atoms with Crippen molar-refractivity contribution in [3.05, 3.63) is 85.7 Å². The lowest BCUT2D eigenvalue weighted by Gasteiger charge is -2.08. The first-order valence-corrected chi connectivity index (χ1v) is 11.3. The lowest BCUT2D eigenvalue weighted by atomic mass is 10.1. The lowest BCUT2D eigenvalue weighted by Crippen LogP contribution is -1.97. The van der Waals surface area contributed by atoms with Crippen molar-refractivity contribution < 1.29 is 0 Å². The van der Waals surface area contributed by atoms with Crippen molar-refractivity contribution in [1.82, 2.24) is 35.1 Å². The molecule has 0 aliphatic heterocycles. The highest BCUT2D eigenvalue weighted by Crippen LogP contribution is 2.32. The van der Waals surface area contributed by atoms with Crippen LogP contribution in [0.3, 0.4) is 0 Å². The Bertz CT molecular complexity index is 1680. The largest absolute Gasteiger partial charge is 0.358 e. The first-order chi connectivity index (χ1) is 17.2. The number of H-pyrrole nitrogens is 2. The number of fused-ring (bicyclic) bond motifs is 2. The SMILES string of the molecule is C=C(CC)Nc1cncc(-c2cc3c(-c4nc5c(-c6cccnc6)cccc5[nH]4)n[nH]c3cn2)c1. The summed E-state index contributed by atoms with van der Waals surface area (Å²) in [6, 6.07) is 14.1. The van der Waals surface area contributed by atoms with Crippen LogP contribution in [0.4, 0.5) is 5.69 Å². The van der Waals surface area contributed by atoms with E-state index < -0.39 is 0 Å². The number of imidazole rings is 1. The Labute approximate surface area is 201 Å². The molecule has 5 heterocycles. The minimum Gasteiger partial charge on any atom is -0.358 e. The molecule has 0 fully saturated rings. The summed E-state index contributed by atoms with van der Waals surface area (Å²) in [6.45, 7) is 6.07. The fraction of sp³-hybridized carbons (Fsp3) is 0.0741. The van der Waals surface area contributed by atoms with Gasteiger partial charge in [0.15, 0.2) is 5.82 Å². The molecule has 8 nitrogen and oxygen atoms in total. The van der Waals surface area contributed by atoms with Gasteiger partial charge in [0, 0.05) is 46.4 Å². The second-order valence-corrected chi connectivity index (χ2v) is 8.26. The molecule has 35 heavy (non-hydrogen) atoms. The summed E-state index contributed by atoms with van der Waals surface area (Å²) in [4.78, 5) is 21.6. The molecule has 170 valence electrons. The fourth-order valence-electron chi connectivity index (χ4n) is 4.10. The van der Waals surface area contributed by atoms with Crippen LogP contribution in [0.1, 0.15) is 13.3 Å². The van der Waals surface area contributed by atoms with Crippen molar-refractivity contribution in [1.29, 1.82) is 0 Å². The Morgan fingerprint density at radius 2 is 1.89 bits per heavy atom.